The van der Waals surface area contributed by atoms with Gasteiger partial charge in [-0.3, -0.25) is 9.59 Å². The number of esters is 3. The van der Waals surface area contributed by atoms with Gasteiger partial charge in [-0.05, 0) is 25.0 Å². The molecule has 1 fully saturated rings. The molecule has 0 unspecified atom stereocenters. The van der Waals surface area contributed by atoms with Gasteiger partial charge in [-0.2, -0.15) is 0 Å². The van der Waals surface area contributed by atoms with Gasteiger partial charge in [0.15, 0.2) is 24.6 Å². The Morgan fingerprint density at radius 3 is 2.12 bits per heavy atom. The highest BCUT2D eigenvalue weighted by Crippen LogP contribution is 2.31. The van der Waals surface area contributed by atoms with Gasteiger partial charge in [-0.1, -0.05) is 44.2 Å². The summed E-state index contributed by atoms with van der Waals surface area (Å²) in [7, 11) is 1.34. The molecule has 0 bridgehead atoms. The summed E-state index contributed by atoms with van der Waals surface area (Å²) in [5, 5.41) is 9.94. The molecule has 1 N–H and O–H groups in total. The van der Waals surface area contributed by atoms with Crippen molar-refractivity contribution < 1.29 is 43.2 Å². The largest absolute Gasteiger partial charge is 0.454 e. The van der Waals surface area contributed by atoms with Gasteiger partial charge in [0.1, 0.15) is 6.10 Å². The molecule has 0 spiro atoms. The predicted octanol–water partition coefficient (Wildman–Crippen LogP) is 2.02. The highest BCUT2D eigenvalue weighted by atomic mass is 16.7. The van der Waals surface area contributed by atoms with Gasteiger partial charge < -0.3 is 28.8 Å². The number of ether oxygens (including phenoxy) is 5. The molecule has 0 aliphatic carbocycles. The molecule has 0 radical (unpaired) electrons. The van der Waals surface area contributed by atoms with E-state index in [1.165, 1.54) is 7.11 Å². The zero-order chi connectivity index (χ0) is 24.0. The molecule has 2 heterocycles. The Morgan fingerprint density at radius 1 is 1.00 bits per heavy atom. The number of allylic oxidation sites excluding steroid dienone is 2. The highest BCUT2D eigenvalue weighted by molar-refractivity contribution is 5.89. The molecule has 2 aliphatic heterocycles. The first-order chi connectivity index (χ1) is 15.8. The fourth-order valence-corrected chi connectivity index (χ4v) is 3.68. The fourth-order valence-electron chi connectivity index (χ4n) is 3.68. The minimum Gasteiger partial charge on any atom is -0.454 e. The van der Waals surface area contributed by atoms with Crippen LogP contribution in [0, 0.1) is 11.8 Å². The van der Waals surface area contributed by atoms with Crippen LogP contribution in [0.25, 0.3) is 0 Å². The first-order valence-electron chi connectivity index (χ1n) is 11.0. The van der Waals surface area contributed by atoms with Crippen LogP contribution in [0.15, 0.2) is 42.5 Å². The molecule has 0 aromatic heterocycles. The molecule has 2 aliphatic rings. The number of fused-ring (bicyclic) bond motifs is 1. The summed E-state index contributed by atoms with van der Waals surface area (Å²) in [6.07, 6.45) is -1.41. The lowest BCUT2D eigenvalue weighted by Crippen LogP contribution is -2.63. The van der Waals surface area contributed by atoms with Crippen molar-refractivity contribution in [2.75, 3.05) is 13.7 Å². The summed E-state index contributed by atoms with van der Waals surface area (Å²) in [6.45, 7) is 2.89. The maximum absolute atomic E-state index is 12.8. The molecule has 33 heavy (non-hydrogen) atoms. The van der Waals surface area contributed by atoms with Gasteiger partial charge in [0.05, 0.1) is 24.0 Å². The Kier molecular flexibility index (Phi) is 8.60. The Bertz CT molecular complexity index is 853. The van der Waals surface area contributed by atoms with E-state index in [-0.39, 0.29) is 5.56 Å². The number of methoxy groups -OCH3 is 1. The third-order valence-corrected chi connectivity index (χ3v) is 5.71. The number of rotatable bonds is 4. The second-order valence-corrected chi connectivity index (χ2v) is 8.25. The van der Waals surface area contributed by atoms with Crippen molar-refractivity contribution in [2.45, 2.75) is 57.4 Å². The van der Waals surface area contributed by atoms with E-state index in [0.29, 0.717) is 12.8 Å². The number of carbonyl (C=O) groups excluding carboxylic acids is 3. The summed E-state index contributed by atoms with van der Waals surface area (Å²) >= 11 is 0. The van der Waals surface area contributed by atoms with Crippen LogP contribution in [0.4, 0.5) is 0 Å². The Labute approximate surface area is 192 Å². The van der Waals surface area contributed by atoms with E-state index in [4.69, 9.17) is 23.7 Å². The van der Waals surface area contributed by atoms with Crippen LogP contribution in [-0.2, 0) is 33.3 Å². The molecular weight excluding hydrogens is 432 g/mol. The maximum atomic E-state index is 12.8. The quantitative estimate of drug-likeness (QED) is 0.407. The summed E-state index contributed by atoms with van der Waals surface area (Å²) in [6, 6.07) is 8.24. The normalized spacial score (nSPS) is 33.0. The van der Waals surface area contributed by atoms with Crippen molar-refractivity contribution in [1.29, 1.82) is 0 Å². The lowest BCUT2D eigenvalue weighted by molar-refractivity contribution is -0.301. The average Bonchev–Trinajstić information content (AvgIpc) is 2.83. The second-order valence-electron chi connectivity index (χ2n) is 8.25. The molecule has 3 rings (SSSR count). The molecule has 9 heteroatoms. The van der Waals surface area contributed by atoms with Crippen LogP contribution in [0.3, 0.4) is 0 Å². The van der Waals surface area contributed by atoms with Crippen LogP contribution in [-0.4, -0.2) is 67.4 Å². The topological polar surface area (TPSA) is 118 Å². The molecule has 0 amide bonds. The van der Waals surface area contributed by atoms with Crippen LogP contribution >= 0.6 is 0 Å². The average molecular weight is 462 g/mol. The lowest BCUT2D eigenvalue weighted by atomic mass is 9.96. The fraction of sp³-hybridized carbons (Fsp3) is 0.542. The van der Waals surface area contributed by atoms with Gasteiger partial charge in [-0.15, -0.1) is 0 Å². The van der Waals surface area contributed by atoms with Gasteiger partial charge in [0.2, 0.25) is 0 Å². The second kappa shape index (κ2) is 11.4. The summed E-state index contributed by atoms with van der Waals surface area (Å²) in [4.78, 5) is 38.4. The van der Waals surface area contributed by atoms with Gasteiger partial charge in [0.25, 0.3) is 0 Å². The highest BCUT2D eigenvalue weighted by Gasteiger charge is 2.53. The summed E-state index contributed by atoms with van der Waals surface area (Å²) in [5.41, 5.74) is 0.267. The first-order valence-corrected chi connectivity index (χ1v) is 11.0. The zero-order valence-corrected chi connectivity index (χ0v) is 18.9. The van der Waals surface area contributed by atoms with Crippen molar-refractivity contribution in [3.8, 4) is 0 Å². The molecular formula is C24H30O9. The predicted molar refractivity (Wildman–Crippen MR) is 115 cm³/mol. The number of hydrogen-bond acceptors (Lipinski definition) is 9. The standard InChI is InChI=1S/C24H30O9/c1-14-9-7-8-10-15(2)22(27)33-20-19(32-21(14)26)18(17(13-25)30-24(20)29-3)31-23(28)16-11-5-4-6-12-16/h4-8,11-12,14-15,17-20,24-25H,9-10,13H2,1-3H3/t14-,15-,17-,18-,19+,20-,24+/m1/s1. The third-order valence-electron chi connectivity index (χ3n) is 5.71. The van der Waals surface area contributed by atoms with Crippen LogP contribution in [0.5, 0.6) is 0 Å². The van der Waals surface area contributed by atoms with E-state index in [1.54, 1.807) is 44.2 Å². The third kappa shape index (κ3) is 5.98. The van der Waals surface area contributed by atoms with Gasteiger partial charge in [-0.25, -0.2) is 4.79 Å². The molecule has 1 aromatic rings. The zero-order valence-electron chi connectivity index (χ0n) is 18.9. The van der Waals surface area contributed by atoms with Crippen molar-refractivity contribution in [2.24, 2.45) is 11.8 Å². The molecule has 9 nitrogen and oxygen atoms in total. The van der Waals surface area contributed by atoms with Gasteiger partial charge >= 0.3 is 17.9 Å². The van der Waals surface area contributed by atoms with E-state index in [2.05, 4.69) is 0 Å². The minimum atomic E-state index is -1.25. The summed E-state index contributed by atoms with van der Waals surface area (Å²) in [5.74, 6) is -2.76. The van der Waals surface area contributed by atoms with E-state index < -0.39 is 67.1 Å². The number of aliphatic hydroxyl groups is 1. The van der Waals surface area contributed by atoms with Crippen molar-refractivity contribution in [3.05, 3.63) is 48.0 Å². The van der Waals surface area contributed by atoms with Gasteiger partial charge in [0, 0.05) is 7.11 Å². The Morgan fingerprint density at radius 2 is 1.58 bits per heavy atom. The molecule has 1 saturated heterocycles. The number of hydrogen-bond donors (Lipinski definition) is 1. The van der Waals surface area contributed by atoms with E-state index in [1.807, 2.05) is 12.2 Å². The van der Waals surface area contributed by atoms with E-state index >= 15 is 0 Å². The van der Waals surface area contributed by atoms with Crippen molar-refractivity contribution >= 4 is 17.9 Å². The summed E-state index contributed by atoms with van der Waals surface area (Å²) < 4.78 is 28.1. The van der Waals surface area contributed by atoms with Crippen LogP contribution in [0.1, 0.15) is 37.0 Å². The van der Waals surface area contributed by atoms with E-state index in [0.717, 1.165) is 0 Å². The Hall–Kier alpha value is -2.75. The monoisotopic (exact) mass is 462 g/mol. The van der Waals surface area contributed by atoms with E-state index in [9.17, 15) is 19.5 Å². The number of carbonyl (C=O) groups is 3. The Balaban J connectivity index is 1.97. The van der Waals surface area contributed by atoms with Crippen LogP contribution < -0.4 is 0 Å². The molecule has 180 valence electrons. The molecule has 0 saturated carbocycles. The molecule has 7 atom stereocenters. The SMILES string of the molecule is CO[C@H]1O[C@H](CO)[C@@H](OC(=O)c2ccccc2)[C@@H]2OC(=O)[C@H](C)CC=CC[C@@H](C)C(=O)O[C@@H]12. The maximum Gasteiger partial charge on any atom is 0.338 e. The number of aliphatic hydroxyl groups excluding tert-OH is 1. The van der Waals surface area contributed by atoms with Crippen molar-refractivity contribution in [3.63, 3.8) is 0 Å². The molecule has 1 aromatic carbocycles. The number of benzene rings is 1. The minimum absolute atomic E-state index is 0.267. The van der Waals surface area contributed by atoms with Crippen molar-refractivity contribution in [1.82, 2.24) is 0 Å². The van der Waals surface area contributed by atoms with Crippen LogP contribution in [0.2, 0.25) is 0 Å². The first kappa shape index (κ1) is 24.9. The lowest BCUT2D eigenvalue weighted by Gasteiger charge is -2.44. The smallest absolute Gasteiger partial charge is 0.338 e.